The summed E-state index contributed by atoms with van der Waals surface area (Å²) in [5.41, 5.74) is 0.448. The Morgan fingerprint density at radius 3 is 2.71 bits per heavy atom. The zero-order chi connectivity index (χ0) is 12.6. The van der Waals surface area contributed by atoms with Crippen LogP contribution in [-0.2, 0) is 10.0 Å². The van der Waals surface area contributed by atoms with Crippen LogP contribution in [0.15, 0.2) is 9.42 Å². The second kappa shape index (κ2) is 4.42. The molecule has 2 rings (SSSR count). The predicted molar refractivity (Wildman–Crippen MR) is 63.2 cm³/mol. The Morgan fingerprint density at radius 2 is 2.18 bits per heavy atom. The predicted octanol–water partition coefficient (Wildman–Crippen LogP) is 1.85. The van der Waals surface area contributed by atoms with Gasteiger partial charge in [0.25, 0.3) is 0 Å². The second-order valence-electron chi connectivity index (χ2n) is 4.47. The van der Waals surface area contributed by atoms with Crippen molar-refractivity contribution in [2.45, 2.75) is 51.0 Å². The molecule has 0 aliphatic carbocycles. The highest BCUT2D eigenvalue weighted by Crippen LogP contribution is 2.30. The summed E-state index contributed by atoms with van der Waals surface area (Å²) in [5.74, 6) is 0.379. The van der Waals surface area contributed by atoms with E-state index in [1.807, 2.05) is 6.92 Å². The molecule has 0 amide bonds. The minimum Gasteiger partial charge on any atom is -0.360 e. The summed E-state index contributed by atoms with van der Waals surface area (Å²) < 4.78 is 31.6. The Morgan fingerprint density at radius 1 is 1.47 bits per heavy atom. The maximum atomic E-state index is 12.5. The van der Waals surface area contributed by atoms with Gasteiger partial charge in [-0.2, -0.15) is 4.31 Å². The number of nitrogens with zero attached hydrogens (tertiary/aromatic N) is 2. The summed E-state index contributed by atoms with van der Waals surface area (Å²) in [6.07, 6.45) is 2.73. The Labute approximate surface area is 102 Å². The molecule has 0 radical (unpaired) electrons. The lowest BCUT2D eigenvalue weighted by Gasteiger charge is -2.22. The third kappa shape index (κ3) is 1.99. The van der Waals surface area contributed by atoms with E-state index in [0.29, 0.717) is 18.0 Å². The van der Waals surface area contributed by atoms with Gasteiger partial charge in [0.05, 0.1) is 0 Å². The van der Waals surface area contributed by atoms with Gasteiger partial charge in [-0.25, -0.2) is 8.42 Å². The minimum atomic E-state index is -3.44. The Bertz CT molecular complexity index is 487. The number of hydrogen-bond donors (Lipinski definition) is 0. The van der Waals surface area contributed by atoms with Crippen molar-refractivity contribution < 1.29 is 12.9 Å². The van der Waals surface area contributed by atoms with Crippen LogP contribution >= 0.6 is 0 Å². The average molecular weight is 258 g/mol. The lowest BCUT2D eigenvalue weighted by Crippen LogP contribution is -2.35. The molecule has 1 fully saturated rings. The van der Waals surface area contributed by atoms with E-state index in [0.717, 1.165) is 19.3 Å². The van der Waals surface area contributed by atoms with E-state index in [1.165, 1.54) is 0 Å². The summed E-state index contributed by atoms with van der Waals surface area (Å²) in [6.45, 7) is 5.93. The van der Waals surface area contributed by atoms with Crippen molar-refractivity contribution in [2.75, 3.05) is 6.54 Å². The standard InChI is InChI=1S/C11H18N2O3S/c1-4-10-6-5-7-13(10)17(14,15)11-8(2)12-16-9(11)3/h10H,4-7H2,1-3H3. The molecule has 1 aliphatic rings. The molecule has 0 N–H and O–H groups in total. The third-order valence-electron chi connectivity index (χ3n) is 3.33. The topological polar surface area (TPSA) is 63.4 Å². The molecule has 1 saturated heterocycles. The fourth-order valence-electron chi connectivity index (χ4n) is 2.49. The van der Waals surface area contributed by atoms with Gasteiger partial charge >= 0.3 is 0 Å². The number of sulfonamides is 1. The Kier molecular flexibility index (Phi) is 3.27. The van der Waals surface area contributed by atoms with Crippen molar-refractivity contribution in [3.63, 3.8) is 0 Å². The molecule has 1 aliphatic heterocycles. The highest BCUT2D eigenvalue weighted by molar-refractivity contribution is 7.89. The SMILES string of the molecule is CCC1CCCN1S(=O)(=O)c1c(C)noc1C. The van der Waals surface area contributed by atoms with Gasteiger partial charge in [0, 0.05) is 12.6 Å². The van der Waals surface area contributed by atoms with Crippen LogP contribution in [0.5, 0.6) is 0 Å². The van der Waals surface area contributed by atoms with Gasteiger partial charge in [0.15, 0.2) is 5.76 Å². The van der Waals surface area contributed by atoms with Crippen LogP contribution in [-0.4, -0.2) is 30.5 Å². The van der Waals surface area contributed by atoms with Crippen LogP contribution in [0.2, 0.25) is 0 Å². The van der Waals surface area contributed by atoms with Crippen LogP contribution < -0.4 is 0 Å². The van der Waals surface area contributed by atoms with Gasteiger partial charge < -0.3 is 4.52 Å². The molecule has 6 heteroatoms. The molecule has 96 valence electrons. The van der Waals surface area contributed by atoms with Crippen LogP contribution in [0.3, 0.4) is 0 Å². The van der Waals surface area contributed by atoms with E-state index >= 15 is 0 Å². The average Bonchev–Trinajstić information content (AvgIpc) is 2.85. The summed E-state index contributed by atoms with van der Waals surface area (Å²) in [5, 5.41) is 3.72. The monoisotopic (exact) mass is 258 g/mol. The van der Waals surface area contributed by atoms with Crippen molar-refractivity contribution in [3.05, 3.63) is 11.5 Å². The van der Waals surface area contributed by atoms with Crippen LogP contribution in [0.25, 0.3) is 0 Å². The molecule has 1 atom stereocenters. The van der Waals surface area contributed by atoms with Crippen molar-refractivity contribution in [3.8, 4) is 0 Å². The zero-order valence-corrected chi connectivity index (χ0v) is 11.2. The molecule has 5 nitrogen and oxygen atoms in total. The number of aryl methyl sites for hydroxylation is 2. The van der Waals surface area contributed by atoms with E-state index in [-0.39, 0.29) is 10.9 Å². The number of aromatic nitrogens is 1. The first kappa shape index (κ1) is 12.6. The molecule has 0 saturated carbocycles. The number of hydrogen-bond acceptors (Lipinski definition) is 4. The van der Waals surface area contributed by atoms with Gasteiger partial charge in [-0.05, 0) is 33.1 Å². The molecule has 1 aromatic rings. The Balaban J connectivity index is 2.43. The normalized spacial score (nSPS) is 22.2. The van der Waals surface area contributed by atoms with E-state index < -0.39 is 10.0 Å². The van der Waals surface area contributed by atoms with Crippen LogP contribution in [0, 0.1) is 13.8 Å². The molecule has 2 heterocycles. The summed E-state index contributed by atoms with van der Waals surface area (Å²) in [4.78, 5) is 0.248. The minimum absolute atomic E-state index is 0.119. The lowest BCUT2D eigenvalue weighted by molar-refractivity contribution is 0.374. The first-order chi connectivity index (χ1) is 7.98. The highest BCUT2D eigenvalue weighted by atomic mass is 32.2. The summed E-state index contributed by atoms with van der Waals surface area (Å²) in [7, 11) is -3.44. The molecule has 1 unspecified atom stereocenters. The van der Waals surface area contributed by atoms with Gasteiger partial charge in [-0.15, -0.1) is 0 Å². The van der Waals surface area contributed by atoms with Crippen LogP contribution in [0.1, 0.15) is 37.6 Å². The van der Waals surface area contributed by atoms with E-state index in [9.17, 15) is 8.42 Å². The summed E-state index contributed by atoms with van der Waals surface area (Å²) in [6, 6.07) is 0.119. The first-order valence-electron chi connectivity index (χ1n) is 5.93. The van der Waals surface area contributed by atoms with Crippen molar-refractivity contribution in [1.29, 1.82) is 0 Å². The van der Waals surface area contributed by atoms with Crippen molar-refractivity contribution in [2.24, 2.45) is 0 Å². The molecular formula is C11H18N2O3S. The second-order valence-corrected chi connectivity index (χ2v) is 6.30. The fourth-order valence-corrected chi connectivity index (χ4v) is 4.56. The molecule has 0 spiro atoms. The van der Waals surface area contributed by atoms with Gasteiger partial charge in [-0.3, -0.25) is 0 Å². The zero-order valence-electron chi connectivity index (χ0n) is 10.4. The maximum Gasteiger partial charge on any atom is 0.248 e. The Hall–Kier alpha value is -0.880. The fraction of sp³-hybridized carbons (Fsp3) is 0.727. The lowest BCUT2D eigenvalue weighted by atomic mass is 10.2. The highest BCUT2D eigenvalue weighted by Gasteiger charge is 2.37. The largest absolute Gasteiger partial charge is 0.360 e. The third-order valence-corrected chi connectivity index (χ3v) is 5.53. The molecule has 0 aromatic carbocycles. The van der Waals surface area contributed by atoms with Crippen molar-refractivity contribution >= 4 is 10.0 Å². The van der Waals surface area contributed by atoms with Gasteiger partial charge in [0.1, 0.15) is 10.6 Å². The van der Waals surface area contributed by atoms with E-state index in [1.54, 1.807) is 18.2 Å². The van der Waals surface area contributed by atoms with E-state index in [4.69, 9.17) is 4.52 Å². The first-order valence-corrected chi connectivity index (χ1v) is 7.37. The summed E-state index contributed by atoms with van der Waals surface area (Å²) >= 11 is 0. The van der Waals surface area contributed by atoms with E-state index in [2.05, 4.69) is 5.16 Å². The maximum absolute atomic E-state index is 12.5. The van der Waals surface area contributed by atoms with Crippen LogP contribution in [0.4, 0.5) is 0 Å². The van der Waals surface area contributed by atoms with Gasteiger partial charge in [-0.1, -0.05) is 12.1 Å². The quantitative estimate of drug-likeness (QED) is 0.830. The smallest absolute Gasteiger partial charge is 0.248 e. The molecule has 17 heavy (non-hydrogen) atoms. The molecule has 0 bridgehead atoms. The van der Waals surface area contributed by atoms with Crippen molar-refractivity contribution in [1.82, 2.24) is 9.46 Å². The molecule has 1 aromatic heterocycles. The molecular weight excluding hydrogens is 240 g/mol. The van der Waals surface area contributed by atoms with Gasteiger partial charge in [0.2, 0.25) is 10.0 Å². The number of rotatable bonds is 3.